The summed E-state index contributed by atoms with van der Waals surface area (Å²) in [5.41, 5.74) is 2.13. The van der Waals surface area contributed by atoms with E-state index >= 15 is 0 Å². The fourth-order valence-electron chi connectivity index (χ4n) is 3.29. The molecule has 0 spiro atoms. The summed E-state index contributed by atoms with van der Waals surface area (Å²) in [6.07, 6.45) is 3.16. The largest absolute Gasteiger partial charge is 0.302 e. The first-order valence-corrected chi connectivity index (χ1v) is 6.34. The summed E-state index contributed by atoms with van der Waals surface area (Å²) in [6, 6.07) is 8.39. The van der Waals surface area contributed by atoms with Crippen LogP contribution in [0.3, 0.4) is 0 Å². The van der Waals surface area contributed by atoms with Crippen molar-refractivity contribution in [1.82, 2.24) is 14.9 Å². The van der Waals surface area contributed by atoms with E-state index in [0.29, 0.717) is 5.92 Å². The molecule has 2 aromatic heterocycles. The van der Waals surface area contributed by atoms with Crippen molar-refractivity contribution in [2.45, 2.75) is 12.3 Å². The van der Waals surface area contributed by atoms with Gasteiger partial charge < -0.3 is 4.90 Å². The summed E-state index contributed by atoms with van der Waals surface area (Å²) < 4.78 is 0. The first-order valence-electron chi connectivity index (χ1n) is 6.34. The fourth-order valence-corrected chi connectivity index (χ4v) is 3.29. The van der Waals surface area contributed by atoms with E-state index in [4.69, 9.17) is 4.98 Å². The molecular weight excluding hydrogens is 210 g/mol. The summed E-state index contributed by atoms with van der Waals surface area (Å²) >= 11 is 0. The lowest BCUT2D eigenvalue weighted by Gasteiger charge is -2.21. The van der Waals surface area contributed by atoms with Gasteiger partial charge in [0, 0.05) is 36.3 Å². The first kappa shape index (κ1) is 9.54. The molecule has 0 saturated carbocycles. The van der Waals surface area contributed by atoms with Gasteiger partial charge in [-0.05, 0) is 43.1 Å². The molecular formula is C14H15N3. The third-order valence-electron chi connectivity index (χ3n) is 4.20. The van der Waals surface area contributed by atoms with E-state index in [0.717, 1.165) is 17.0 Å². The Morgan fingerprint density at radius 1 is 1.18 bits per heavy atom. The zero-order chi connectivity index (χ0) is 11.2. The molecule has 2 bridgehead atoms. The molecule has 2 aliphatic rings. The Morgan fingerprint density at radius 2 is 2.18 bits per heavy atom. The van der Waals surface area contributed by atoms with Gasteiger partial charge in [0.05, 0.1) is 0 Å². The lowest BCUT2D eigenvalue weighted by molar-refractivity contribution is 0.344. The maximum atomic E-state index is 4.74. The third-order valence-corrected chi connectivity index (χ3v) is 4.20. The van der Waals surface area contributed by atoms with Gasteiger partial charge in [-0.25, -0.2) is 9.97 Å². The highest BCUT2D eigenvalue weighted by Gasteiger charge is 2.39. The molecule has 3 nitrogen and oxygen atoms in total. The number of hydrogen-bond acceptors (Lipinski definition) is 3. The van der Waals surface area contributed by atoms with Crippen molar-refractivity contribution in [3.8, 4) is 0 Å². The maximum absolute atomic E-state index is 4.74. The van der Waals surface area contributed by atoms with Crippen LogP contribution in [0, 0.1) is 5.92 Å². The Labute approximate surface area is 100 Å². The van der Waals surface area contributed by atoms with Gasteiger partial charge >= 0.3 is 0 Å². The van der Waals surface area contributed by atoms with E-state index in [2.05, 4.69) is 28.1 Å². The molecule has 0 radical (unpaired) electrons. The number of rotatable bonds is 1. The Morgan fingerprint density at radius 3 is 3.00 bits per heavy atom. The van der Waals surface area contributed by atoms with Crippen LogP contribution in [0.2, 0.25) is 0 Å². The summed E-state index contributed by atoms with van der Waals surface area (Å²) in [7, 11) is 0. The zero-order valence-electron chi connectivity index (χ0n) is 9.71. The van der Waals surface area contributed by atoms with Crippen LogP contribution in [0.1, 0.15) is 18.0 Å². The van der Waals surface area contributed by atoms with Crippen LogP contribution in [0.25, 0.3) is 11.0 Å². The Bertz CT molecular complexity index is 566. The quantitative estimate of drug-likeness (QED) is 0.743. The highest BCUT2D eigenvalue weighted by molar-refractivity contribution is 5.74. The molecule has 2 fully saturated rings. The van der Waals surface area contributed by atoms with Gasteiger partial charge in [-0.2, -0.15) is 0 Å². The highest BCUT2D eigenvalue weighted by atomic mass is 15.2. The molecule has 0 N–H and O–H groups in total. The van der Waals surface area contributed by atoms with Crippen molar-refractivity contribution in [2.24, 2.45) is 5.92 Å². The van der Waals surface area contributed by atoms with E-state index in [-0.39, 0.29) is 0 Å². The lowest BCUT2D eigenvalue weighted by atomic mass is 9.89. The van der Waals surface area contributed by atoms with Gasteiger partial charge in [0.25, 0.3) is 0 Å². The van der Waals surface area contributed by atoms with E-state index < -0.39 is 0 Å². The van der Waals surface area contributed by atoms with Crippen LogP contribution in [-0.2, 0) is 0 Å². The second kappa shape index (κ2) is 3.50. The smallest absolute Gasteiger partial charge is 0.159 e. The molecule has 17 heavy (non-hydrogen) atoms. The summed E-state index contributed by atoms with van der Waals surface area (Å²) in [5, 5.41) is 1.14. The van der Waals surface area contributed by atoms with Gasteiger partial charge in [-0.3, -0.25) is 0 Å². The van der Waals surface area contributed by atoms with Gasteiger partial charge in [-0.1, -0.05) is 0 Å². The molecule has 2 saturated heterocycles. The van der Waals surface area contributed by atoms with Crippen molar-refractivity contribution >= 4 is 11.0 Å². The minimum absolute atomic E-state index is 0.634. The standard InChI is InChI=1S/C14H15N3/c1-2-10-3-4-13(16-14(10)15-6-1)12-9-17-7-5-11(12)8-17/h1-4,6,11-12H,5,7-9H2. The summed E-state index contributed by atoms with van der Waals surface area (Å²) in [6.45, 7) is 3.75. The Hall–Kier alpha value is -1.48. The molecule has 3 unspecified atom stereocenters. The predicted octanol–water partition coefficient (Wildman–Crippen LogP) is 2.05. The second-order valence-corrected chi connectivity index (χ2v) is 5.20. The minimum atomic E-state index is 0.634. The average molecular weight is 225 g/mol. The Kier molecular flexibility index (Phi) is 1.97. The first-order chi connectivity index (χ1) is 8.40. The monoisotopic (exact) mass is 225 g/mol. The molecule has 3 atom stereocenters. The zero-order valence-corrected chi connectivity index (χ0v) is 9.71. The minimum Gasteiger partial charge on any atom is -0.302 e. The number of pyridine rings is 2. The second-order valence-electron chi connectivity index (χ2n) is 5.20. The maximum Gasteiger partial charge on any atom is 0.159 e. The van der Waals surface area contributed by atoms with Crippen LogP contribution in [-0.4, -0.2) is 34.5 Å². The summed E-state index contributed by atoms with van der Waals surface area (Å²) in [4.78, 5) is 11.6. The van der Waals surface area contributed by atoms with E-state index in [1.54, 1.807) is 0 Å². The third kappa shape index (κ3) is 1.46. The summed E-state index contributed by atoms with van der Waals surface area (Å²) in [5.74, 6) is 1.46. The number of aromatic nitrogens is 2. The van der Waals surface area contributed by atoms with Crippen molar-refractivity contribution < 1.29 is 0 Å². The van der Waals surface area contributed by atoms with E-state index in [1.807, 2.05) is 12.3 Å². The number of piperidine rings is 1. The molecule has 3 heteroatoms. The van der Waals surface area contributed by atoms with Crippen LogP contribution >= 0.6 is 0 Å². The SMILES string of the molecule is c1cnc2nc(C3CN4CCC3C4)ccc2c1. The van der Waals surface area contributed by atoms with Crippen molar-refractivity contribution in [1.29, 1.82) is 0 Å². The van der Waals surface area contributed by atoms with Crippen LogP contribution in [0.5, 0.6) is 0 Å². The molecule has 0 aliphatic carbocycles. The van der Waals surface area contributed by atoms with Gasteiger partial charge in [0.2, 0.25) is 0 Å². The lowest BCUT2D eigenvalue weighted by Crippen LogP contribution is -2.22. The number of hydrogen-bond donors (Lipinski definition) is 0. The topological polar surface area (TPSA) is 29.0 Å². The average Bonchev–Trinajstić information content (AvgIpc) is 3.00. The van der Waals surface area contributed by atoms with Gasteiger partial charge in [-0.15, -0.1) is 0 Å². The van der Waals surface area contributed by atoms with Gasteiger partial charge in [0.15, 0.2) is 5.65 Å². The molecule has 4 heterocycles. The predicted molar refractivity (Wildman–Crippen MR) is 66.8 cm³/mol. The number of nitrogens with zero attached hydrogens (tertiary/aromatic N) is 3. The molecule has 4 rings (SSSR count). The van der Waals surface area contributed by atoms with Crippen molar-refractivity contribution in [3.63, 3.8) is 0 Å². The van der Waals surface area contributed by atoms with Crippen molar-refractivity contribution in [3.05, 3.63) is 36.2 Å². The Balaban J connectivity index is 1.76. The molecule has 0 amide bonds. The fraction of sp³-hybridized carbons (Fsp3) is 0.429. The normalized spacial score (nSPS) is 31.2. The number of fused-ring (bicyclic) bond motifs is 3. The van der Waals surface area contributed by atoms with Crippen LogP contribution in [0.4, 0.5) is 0 Å². The van der Waals surface area contributed by atoms with Gasteiger partial charge in [0.1, 0.15) is 0 Å². The van der Waals surface area contributed by atoms with Crippen molar-refractivity contribution in [2.75, 3.05) is 19.6 Å². The highest BCUT2D eigenvalue weighted by Crippen LogP contribution is 2.39. The molecule has 86 valence electrons. The molecule has 0 aromatic carbocycles. The van der Waals surface area contributed by atoms with Crippen LogP contribution < -0.4 is 0 Å². The van der Waals surface area contributed by atoms with E-state index in [9.17, 15) is 0 Å². The van der Waals surface area contributed by atoms with E-state index in [1.165, 1.54) is 31.7 Å². The van der Waals surface area contributed by atoms with Crippen LogP contribution in [0.15, 0.2) is 30.5 Å². The molecule has 2 aromatic rings. The molecule has 2 aliphatic heterocycles.